The molecule has 24 heavy (non-hydrogen) atoms. The molecule has 2 aromatic rings. The topological polar surface area (TPSA) is 60.5 Å². The van der Waals surface area contributed by atoms with E-state index in [-0.39, 0.29) is 0 Å². The van der Waals surface area contributed by atoms with E-state index in [2.05, 4.69) is 10.3 Å². The SMILES string of the molecule is Cc1nc(OCc2ccccc2)ccc1CNC(=O)OC(C)(C)C. The first-order valence-corrected chi connectivity index (χ1v) is 7.93. The largest absolute Gasteiger partial charge is 0.473 e. The smallest absolute Gasteiger partial charge is 0.407 e. The summed E-state index contributed by atoms with van der Waals surface area (Å²) in [5, 5.41) is 2.73. The standard InChI is InChI=1S/C19H24N2O3/c1-14-16(12-20-18(22)24-19(2,3)4)10-11-17(21-14)23-13-15-8-6-5-7-9-15/h5-11H,12-13H2,1-4H3,(H,20,22). The molecule has 0 radical (unpaired) electrons. The van der Waals surface area contributed by atoms with Crippen molar-refractivity contribution in [2.24, 2.45) is 0 Å². The van der Waals surface area contributed by atoms with Crippen LogP contribution in [0.2, 0.25) is 0 Å². The van der Waals surface area contributed by atoms with E-state index in [1.165, 1.54) is 0 Å². The molecule has 0 spiro atoms. The zero-order chi connectivity index (χ0) is 17.6. The van der Waals surface area contributed by atoms with Crippen LogP contribution in [0.4, 0.5) is 4.79 Å². The molecule has 0 aliphatic rings. The Balaban J connectivity index is 1.89. The first kappa shape index (κ1) is 17.8. The van der Waals surface area contributed by atoms with Crippen LogP contribution in [0.1, 0.15) is 37.6 Å². The van der Waals surface area contributed by atoms with Crippen molar-refractivity contribution < 1.29 is 14.3 Å². The Hall–Kier alpha value is -2.56. The van der Waals surface area contributed by atoms with Gasteiger partial charge in [0.2, 0.25) is 5.88 Å². The maximum absolute atomic E-state index is 11.7. The van der Waals surface area contributed by atoms with Gasteiger partial charge in [-0.25, -0.2) is 9.78 Å². The zero-order valence-electron chi connectivity index (χ0n) is 14.6. The van der Waals surface area contributed by atoms with Crippen molar-refractivity contribution in [3.05, 3.63) is 59.3 Å². The second kappa shape index (κ2) is 7.81. The highest BCUT2D eigenvalue weighted by atomic mass is 16.6. The van der Waals surface area contributed by atoms with Gasteiger partial charge in [0.1, 0.15) is 12.2 Å². The molecule has 0 aliphatic carbocycles. The molecular weight excluding hydrogens is 304 g/mol. The molecule has 1 aromatic carbocycles. The first-order valence-electron chi connectivity index (χ1n) is 7.93. The van der Waals surface area contributed by atoms with Crippen molar-refractivity contribution in [1.29, 1.82) is 0 Å². The van der Waals surface area contributed by atoms with Crippen LogP contribution < -0.4 is 10.1 Å². The number of carbonyl (C=O) groups excluding carboxylic acids is 1. The number of aromatic nitrogens is 1. The number of hydrogen-bond donors (Lipinski definition) is 1. The Bertz CT molecular complexity index is 679. The number of nitrogens with one attached hydrogen (secondary N) is 1. The molecule has 0 unspecified atom stereocenters. The quantitative estimate of drug-likeness (QED) is 0.901. The summed E-state index contributed by atoms with van der Waals surface area (Å²) in [7, 11) is 0. The Morgan fingerprint density at radius 3 is 2.46 bits per heavy atom. The number of carbonyl (C=O) groups is 1. The van der Waals surface area contributed by atoms with E-state index in [0.29, 0.717) is 19.0 Å². The number of rotatable bonds is 5. The fourth-order valence-corrected chi connectivity index (χ4v) is 2.05. The van der Waals surface area contributed by atoms with Crippen LogP contribution in [0.25, 0.3) is 0 Å². The Kier molecular flexibility index (Phi) is 5.79. The molecule has 0 atom stereocenters. The van der Waals surface area contributed by atoms with Crippen molar-refractivity contribution in [3.63, 3.8) is 0 Å². The van der Waals surface area contributed by atoms with E-state index in [1.807, 2.05) is 70.2 Å². The fourth-order valence-electron chi connectivity index (χ4n) is 2.05. The van der Waals surface area contributed by atoms with Gasteiger partial charge in [-0.15, -0.1) is 0 Å². The minimum absolute atomic E-state index is 0.368. The van der Waals surface area contributed by atoms with Gasteiger partial charge in [-0.1, -0.05) is 36.4 Å². The van der Waals surface area contributed by atoms with Gasteiger partial charge in [0.15, 0.2) is 0 Å². The molecule has 5 heteroatoms. The van der Waals surface area contributed by atoms with Gasteiger partial charge in [-0.2, -0.15) is 0 Å². The molecule has 5 nitrogen and oxygen atoms in total. The molecule has 0 aliphatic heterocycles. The van der Waals surface area contributed by atoms with E-state index in [0.717, 1.165) is 16.8 Å². The molecule has 128 valence electrons. The number of hydrogen-bond acceptors (Lipinski definition) is 4. The summed E-state index contributed by atoms with van der Waals surface area (Å²) in [6.07, 6.45) is -0.439. The number of ether oxygens (including phenoxy) is 2. The second-order valence-electron chi connectivity index (χ2n) is 6.52. The van der Waals surface area contributed by atoms with Crippen molar-refractivity contribution in [2.45, 2.75) is 46.4 Å². The van der Waals surface area contributed by atoms with Crippen LogP contribution in [0, 0.1) is 6.92 Å². The molecule has 1 aromatic heterocycles. The molecule has 0 saturated carbocycles. The Morgan fingerprint density at radius 2 is 1.83 bits per heavy atom. The number of pyridine rings is 1. The lowest BCUT2D eigenvalue weighted by Crippen LogP contribution is -2.32. The Morgan fingerprint density at radius 1 is 1.12 bits per heavy atom. The lowest BCUT2D eigenvalue weighted by molar-refractivity contribution is 0.0523. The van der Waals surface area contributed by atoms with Crippen LogP contribution >= 0.6 is 0 Å². The number of aryl methyl sites for hydroxylation is 1. The van der Waals surface area contributed by atoms with Crippen molar-refractivity contribution >= 4 is 6.09 Å². The molecule has 1 amide bonds. The van der Waals surface area contributed by atoms with Gasteiger partial charge in [0.05, 0.1) is 0 Å². The summed E-state index contributed by atoms with van der Waals surface area (Å²) in [5.74, 6) is 0.567. The monoisotopic (exact) mass is 328 g/mol. The first-order chi connectivity index (χ1) is 11.3. The third kappa shape index (κ3) is 5.91. The average molecular weight is 328 g/mol. The predicted octanol–water partition coefficient (Wildman–Crippen LogP) is 3.99. The summed E-state index contributed by atoms with van der Waals surface area (Å²) in [4.78, 5) is 16.1. The van der Waals surface area contributed by atoms with Gasteiger partial charge in [-0.05, 0) is 38.8 Å². The van der Waals surface area contributed by atoms with Crippen molar-refractivity contribution in [1.82, 2.24) is 10.3 Å². The van der Waals surface area contributed by atoms with Gasteiger partial charge < -0.3 is 14.8 Å². The minimum Gasteiger partial charge on any atom is -0.473 e. The van der Waals surface area contributed by atoms with Crippen molar-refractivity contribution in [2.75, 3.05) is 0 Å². The van der Waals surface area contributed by atoms with E-state index in [1.54, 1.807) is 0 Å². The van der Waals surface area contributed by atoms with E-state index >= 15 is 0 Å². The van der Waals surface area contributed by atoms with Gasteiger partial charge in [0, 0.05) is 18.3 Å². The highest BCUT2D eigenvalue weighted by Crippen LogP contribution is 2.14. The molecular formula is C19H24N2O3. The molecule has 0 fully saturated rings. The molecule has 1 heterocycles. The Labute approximate surface area is 143 Å². The lowest BCUT2D eigenvalue weighted by Gasteiger charge is -2.19. The summed E-state index contributed by atoms with van der Waals surface area (Å²) < 4.78 is 10.9. The molecule has 1 N–H and O–H groups in total. The lowest BCUT2D eigenvalue weighted by atomic mass is 10.2. The highest BCUT2D eigenvalue weighted by Gasteiger charge is 2.16. The van der Waals surface area contributed by atoms with E-state index in [9.17, 15) is 4.79 Å². The highest BCUT2D eigenvalue weighted by molar-refractivity contribution is 5.67. The molecule has 0 bridgehead atoms. The van der Waals surface area contributed by atoms with Crippen molar-refractivity contribution in [3.8, 4) is 5.88 Å². The number of benzene rings is 1. The maximum atomic E-state index is 11.7. The van der Waals surface area contributed by atoms with Gasteiger partial charge >= 0.3 is 6.09 Å². The summed E-state index contributed by atoms with van der Waals surface area (Å²) in [5.41, 5.74) is 2.32. The third-order valence-corrected chi connectivity index (χ3v) is 3.22. The normalized spacial score (nSPS) is 11.0. The number of amides is 1. The third-order valence-electron chi connectivity index (χ3n) is 3.22. The fraction of sp³-hybridized carbons (Fsp3) is 0.368. The second-order valence-corrected chi connectivity index (χ2v) is 6.52. The van der Waals surface area contributed by atoms with E-state index < -0.39 is 11.7 Å². The number of nitrogens with zero attached hydrogens (tertiary/aromatic N) is 1. The summed E-state index contributed by atoms with van der Waals surface area (Å²) >= 11 is 0. The minimum atomic E-state index is -0.507. The van der Waals surface area contributed by atoms with Crippen LogP contribution in [0.15, 0.2) is 42.5 Å². The predicted molar refractivity (Wildman–Crippen MR) is 92.8 cm³/mol. The molecule has 2 rings (SSSR count). The van der Waals surface area contributed by atoms with Crippen LogP contribution in [0.5, 0.6) is 5.88 Å². The summed E-state index contributed by atoms with van der Waals surface area (Å²) in [6, 6.07) is 13.6. The van der Waals surface area contributed by atoms with Crippen LogP contribution in [0.3, 0.4) is 0 Å². The van der Waals surface area contributed by atoms with E-state index in [4.69, 9.17) is 9.47 Å². The van der Waals surface area contributed by atoms with Crippen LogP contribution in [-0.4, -0.2) is 16.7 Å². The zero-order valence-corrected chi connectivity index (χ0v) is 14.6. The summed E-state index contributed by atoms with van der Waals surface area (Å²) in [6.45, 7) is 8.23. The number of alkyl carbamates (subject to hydrolysis) is 1. The average Bonchev–Trinajstić information content (AvgIpc) is 2.51. The molecule has 0 saturated heterocycles. The van der Waals surface area contributed by atoms with Gasteiger partial charge in [0.25, 0.3) is 0 Å². The van der Waals surface area contributed by atoms with Gasteiger partial charge in [-0.3, -0.25) is 0 Å². The maximum Gasteiger partial charge on any atom is 0.407 e. The van der Waals surface area contributed by atoms with Crippen LogP contribution in [-0.2, 0) is 17.9 Å².